The Morgan fingerprint density at radius 1 is 0.781 bits per heavy atom. The van der Waals surface area contributed by atoms with Gasteiger partial charge in [0.25, 0.3) is 0 Å². The summed E-state index contributed by atoms with van der Waals surface area (Å²) in [5, 5.41) is 3.59. The average Bonchev–Trinajstić information content (AvgIpc) is 2.77. The molecule has 0 atom stereocenters. The fourth-order valence-corrected chi connectivity index (χ4v) is 4.61. The molecule has 168 valence electrons. The molecular formula is C23H21Cl3N2O3S. The highest BCUT2D eigenvalue weighted by atomic mass is 35.5. The normalized spacial score (nSPS) is 11.3. The van der Waals surface area contributed by atoms with E-state index in [0.717, 1.165) is 11.1 Å². The van der Waals surface area contributed by atoms with Gasteiger partial charge in [-0.05, 0) is 48.2 Å². The number of nitrogens with one attached hydrogen (secondary N) is 2. The highest BCUT2D eigenvalue weighted by Crippen LogP contribution is 2.32. The molecular weight excluding hydrogens is 491 g/mol. The van der Waals surface area contributed by atoms with Crippen molar-refractivity contribution in [3.05, 3.63) is 92.9 Å². The van der Waals surface area contributed by atoms with Crippen molar-refractivity contribution in [1.82, 2.24) is 4.72 Å². The van der Waals surface area contributed by atoms with E-state index >= 15 is 0 Å². The summed E-state index contributed by atoms with van der Waals surface area (Å²) in [4.78, 5) is 12.4. The third-order valence-electron chi connectivity index (χ3n) is 4.71. The van der Waals surface area contributed by atoms with Crippen LogP contribution in [0.5, 0.6) is 0 Å². The third-order valence-corrected chi connectivity index (χ3v) is 7.22. The molecule has 0 aliphatic rings. The summed E-state index contributed by atoms with van der Waals surface area (Å²) >= 11 is 17.9. The first-order valence-corrected chi connectivity index (χ1v) is 12.4. The summed E-state index contributed by atoms with van der Waals surface area (Å²) in [6.45, 7) is 0.311. The topological polar surface area (TPSA) is 75.3 Å². The SMILES string of the molecule is O=C(CCc1ccc(S(=O)(=O)NCCc2ccccc2)cc1)Nc1cc(Cl)c(Cl)cc1Cl. The number of sulfonamides is 1. The van der Waals surface area contributed by atoms with Gasteiger partial charge in [0.15, 0.2) is 0 Å². The molecule has 0 saturated heterocycles. The molecule has 0 bridgehead atoms. The Bertz CT molecular complexity index is 1190. The first-order valence-electron chi connectivity index (χ1n) is 9.81. The Hall–Kier alpha value is -2.09. The molecule has 5 nitrogen and oxygen atoms in total. The lowest BCUT2D eigenvalue weighted by Crippen LogP contribution is -2.26. The molecule has 32 heavy (non-hydrogen) atoms. The van der Waals surface area contributed by atoms with Gasteiger partial charge in [-0.2, -0.15) is 0 Å². The number of hydrogen-bond donors (Lipinski definition) is 2. The van der Waals surface area contributed by atoms with Crippen molar-refractivity contribution in [2.24, 2.45) is 0 Å². The molecule has 0 aliphatic heterocycles. The van der Waals surface area contributed by atoms with Crippen LogP contribution in [-0.2, 0) is 27.7 Å². The molecule has 0 radical (unpaired) electrons. The van der Waals surface area contributed by atoms with Crippen LogP contribution in [0, 0.1) is 0 Å². The monoisotopic (exact) mass is 510 g/mol. The molecule has 0 aliphatic carbocycles. The van der Waals surface area contributed by atoms with Crippen LogP contribution in [0.2, 0.25) is 15.1 Å². The minimum absolute atomic E-state index is 0.182. The van der Waals surface area contributed by atoms with Gasteiger partial charge in [0, 0.05) is 13.0 Å². The van der Waals surface area contributed by atoms with Crippen molar-refractivity contribution in [1.29, 1.82) is 0 Å². The molecule has 0 saturated carbocycles. The van der Waals surface area contributed by atoms with E-state index in [4.69, 9.17) is 34.8 Å². The van der Waals surface area contributed by atoms with Gasteiger partial charge in [-0.25, -0.2) is 13.1 Å². The van der Waals surface area contributed by atoms with Crippen LogP contribution in [0.25, 0.3) is 0 Å². The number of rotatable bonds is 9. The average molecular weight is 512 g/mol. The quantitative estimate of drug-likeness (QED) is 0.360. The van der Waals surface area contributed by atoms with E-state index in [-0.39, 0.29) is 17.2 Å². The highest BCUT2D eigenvalue weighted by Gasteiger charge is 2.14. The van der Waals surface area contributed by atoms with Crippen LogP contribution in [0.3, 0.4) is 0 Å². The largest absolute Gasteiger partial charge is 0.325 e. The minimum atomic E-state index is -3.60. The Morgan fingerprint density at radius 2 is 1.41 bits per heavy atom. The Labute approximate surface area is 202 Å². The first kappa shape index (κ1) is 24.6. The molecule has 3 aromatic rings. The van der Waals surface area contributed by atoms with Gasteiger partial charge in [0.2, 0.25) is 15.9 Å². The van der Waals surface area contributed by atoms with Crippen LogP contribution in [0.15, 0.2) is 71.6 Å². The van der Waals surface area contributed by atoms with Crippen molar-refractivity contribution in [3.63, 3.8) is 0 Å². The third kappa shape index (κ3) is 6.95. The Balaban J connectivity index is 1.51. The summed E-state index contributed by atoms with van der Waals surface area (Å²) in [5.41, 5.74) is 2.28. The van der Waals surface area contributed by atoms with Gasteiger partial charge < -0.3 is 5.32 Å². The van der Waals surface area contributed by atoms with Gasteiger partial charge >= 0.3 is 0 Å². The molecule has 1 amide bonds. The molecule has 3 aromatic carbocycles. The second kappa shape index (κ2) is 11.2. The van der Waals surface area contributed by atoms with Crippen molar-refractivity contribution >= 4 is 56.4 Å². The second-order valence-electron chi connectivity index (χ2n) is 7.07. The fraction of sp³-hybridized carbons (Fsp3) is 0.174. The minimum Gasteiger partial charge on any atom is -0.325 e. The number of aryl methyl sites for hydroxylation is 1. The van der Waals surface area contributed by atoms with Crippen LogP contribution >= 0.6 is 34.8 Å². The van der Waals surface area contributed by atoms with Crippen molar-refractivity contribution in [3.8, 4) is 0 Å². The van der Waals surface area contributed by atoms with E-state index in [0.29, 0.717) is 40.1 Å². The van der Waals surface area contributed by atoms with Crippen molar-refractivity contribution in [2.45, 2.75) is 24.2 Å². The maximum Gasteiger partial charge on any atom is 0.240 e. The first-order chi connectivity index (χ1) is 15.2. The van der Waals surface area contributed by atoms with E-state index in [1.54, 1.807) is 12.1 Å². The lowest BCUT2D eigenvalue weighted by molar-refractivity contribution is -0.116. The smallest absolute Gasteiger partial charge is 0.240 e. The summed E-state index contributed by atoms with van der Waals surface area (Å²) in [5.74, 6) is -0.246. The van der Waals surface area contributed by atoms with Crippen LogP contribution in [0.4, 0.5) is 5.69 Å². The summed E-state index contributed by atoms with van der Waals surface area (Å²) in [7, 11) is -3.60. The van der Waals surface area contributed by atoms with E-state index in [1.807, 2.05) is 30.3 Å². The summed E-state index contributed by atoms with van der Waals surface area (Å²) in [6.07, 6.45) is 1.24. The zero-order valence-corrected chi connectivity index (χ0v) is 20.0. The predicted octanol–water partition coefficient (Wildman–Crippen LogP) is 5.74. The van der Waals surface area contributed by atoms with E-state index in [1.165, 1.54) is 24.3 Å². The number of carbonyl (C=O) groups excluding carboxylic acids is 1. The number of amides is 1. The predicted molar refractivity (Wildman–Crippen MR) is 130 cm³/mol. The Morgan fingerprint density at radius 3 is 2.09 bits per heavy atom. The van der Waals surface area contributed by atoms with E-state index in [9.17, 15) is 13.2 Å². The van der Waals surface area contributed by atoms with Crippen LogP contribution in [-0.4, -0.2) is 20.9 Å². The fourth-order valence-electron chi connectivity index (χ4n) is 2.98. The van der Waals surface area contributed by atoms with Gasteiger partial charge in [-0.1, -0.05) is 77.3 Å². The maximum absolute atomic E-state index is 12.5. The van der Waals surface area contributed by atoms with E-state index < -0.39 is 10.0 Å². The maximum atomic E-state index is 12.5. The van der Waals surface area contributed by atoms with E-state index in [2.05, 4.69) is 10.0 Å². The summed E-state index contributed by atoms with van der Waals surface area (Å²) < 4.78 is 27.6. The van der Waals surface area contributed by atoms with Crippen LogP contribution < -0.4 is 10.0 Å². The number of benzene rings is 3. The molecule has 0 spiro atoms. The summed E-state index contributed by atoms with van der Waals surface area (Å²) in [6, 6.07) is 19.1. The van der Waals surface area contributed by atoms with Gasteiger partial charge in [-0.3, -0.25) is 4.79 Å². The zero-order valence-electron chi connectivity index (χ0n) is 16.9. The molecule has 2 N–H and O–H groups in total. The molecule has 3 rings (SSSR count). The van der Waals surface area contributed by atoms with Gasteiger partial charge in [0.05, 0.1) is 25.7 Å². The second-order valence-corrected chi connectivity index (χ2v) is 10.1. The van der Waals surface area contributed by atoms with Crippen molar-refractivity contribution < 1.29 is 13.2 Å². The lowest BCUT2D eigenvalue weighted by atomic mass is 10.1. The molecule has 9 heteroatoms. The molecule has 0 unspecified atom stereocenters. The Kier molecular flexibility index (Phi) is 8.57. The lowest BCUT2D eigenvalue weighted by Gasteiger charge is -2.10. The number of anilines is 1. The standard InChI is InChI=1S/C23H21Cl3N2O3S/c24-19-14-21(26)22(15-20(19)25)28-23(29)11-8-17-6-9-18(10-7-17)32(30,31)27-13-12-16-4-2-1-3-5-16/h1-7,9-10,14-15,27H,8,11-13H2,(H,28,29). The van der Waals surface area contributed by atoms with Crippen molar-refractivity contribution in [2.75, 3.05) is 11.9 Å². The number of halogens is 3. The zero-order chi connectivity index (χ0) is 23.1. The van der Waals surface area contributed by atoms with Crippen LogP contribution in [0.1, 0.15) is 17.5 Å². The highest BCUT2D eigenvalue weighted by molar-refractivity contribution is 7.89. The van der Waals surface area contributed by atoms with Gasteiger partial charge in [0.1, 0.15) is 0 Å². The molecule has 0 heterocycles. The number of hydrogen-bond acceptors (Lipinski definition) is 3. The van der Waals surface area contributed by atoms with Gasteiger partial charge in [-0.15, -0.1) is 0 Å². The molecule has 0 aromatic heterocycles. The molecule has 0 fully saturated rings. The number of carbonyl (C=O) groups is 1.